The maximum absolute atomic E-state index is 2.73. The zero-order valence-electron chi connectivity index (χ0n) is 24.9. The summed E-state index contributed by atoms with van der Waals surface area (Å²) in [5.74, 6) is 15.3. The largest absolute Gasteiger partial charge is 0.0651 e. The Bertz CT molecular complexity index is 680. The normalized spacial score (nSPS) is 54.4. The molecule has 15 atom stereocenters. The molecule has 5 saturated carbocycles. The molecule has 0 amide bonds. The maximum Gasteiger partial charge on any atom is -0.0349 e. The lowest BCUT2D eigenvalue weighted by Gasteiger charge is -2.58. The van der Waals surface area contributed by atoms with E-state index in [1.165, 1.54) is 25.7 Å². The van der Waals surface area contributed by atoms with E-state index in [4.69, 9.17) is 0 Å². The van der Waals surface area contributed by atoms with E-state index < -0.39 is 0 Å². The van der Waals surface area contributed by atoms with Gasteiger partial charge in [0.25, 0.3) is 0 Å². The Morgan fingerprint density at radius 1 is 0.429 bits per heavy atom. The summed E-state index contributed by atoms with van der Waals surface area (Å²) in [5.41, 5.74) is 0. The minimum Gasteiger partial charge on any atom is -0.0651 e. The van der Waals surface area contributed by atoms with Crippen LogP contribution in [-0.4, -0.2) is 0 Å². The van der Waals surface area contributed by atoms with Crippen molar-refractivity contribution in [3.63, 3.8) is 0 Å². The van der Waals surface area contributed by atoms with Crippen LogP contribution in [-0.2, 0) is 0 Å². The van der Waals surface area contributed by atoms with Crippen molar-refractivity contribution in [3.05, 3.63) is 0 Å². The second-order valence-corrected chi connectivity index (χ2v) is 15.1. The first-order chi connectivity index (χ1) is 16.9. The molecule has 0 N–H and O–H groups in total. The molecule has 202 valence electrons. The molecule has 0 aliphatic heterocycles. The molecule has 35 heavy (non-hydrogen) atoms. The molecule has 0 aromatic carbocycles. The Kier molecular flexibility index (Phi) is 8.37. The predicted octanol–water partition coefficient (Wildman–Crippen LogP) is 10.5. The van der Waals surface area contributed by atoms with Crippen LogP contribution in [0.4, 0.5) is 0 Å². The molecule has 0 aromatic rings. The van der Waals surface area contributed by atoms with Crippen molar-refractivity contribution in [1.29, 1.82) is 0 Å². The zero-order valence-corrected chi connectivity index (χ0v) is 24.9. The third kappa shape index (κ3) is 4.71. The Morgan fingerprint density at radius 2 is 1.11 bits per heavy atom. The number of hydrogen-bond acceptors (Lipinski definition) is 0. The molecule has 0 aromatic heterocycles. The van der Waals surface area contributed by atoms with Gasteiger partial charge in [0.1, 0.15) is 0 Å². The van der Waals surface area contributed by atoms with Crippen LogP contribution < -0.4 is 0 Å². The van der Waals surface area contributed by atoms with E-state index in [0.717, 1.165) is 88.8 Å². The van der Waals surface area contributed by atoms with E-state index in [2.05, 4.69) is 48.5 Å². The van der Waals surface area contributed by atoms with Gasteiger partial charge in [0, 0.05) is 0 Å². The first kappa shape index (κ1) is 26.6. The lowest BCUT2D eigenvalue weighted by Crippen LogP contribution is -2.50. The Hall–Kier alpha value is 0. The summed E-state index contributed by atoms with van der Waals surface area (Å²) in [6.07, 6.45) is 20.0. The lowest BCUT2D eigenvalue weighted by molar-refractivity contribution is -0.0869. The summed E-state index contributed by atoms with van der Waals surface area (Å²) in [6.45, 7) is 18.2. The van der Waals surface area contributed by atoms with Crippen molar-refractivity contribution < 1.29 is 0 Å². The van der Waals surface area contributed by atoms with E-state index in [1.54, 1.807) is 57.8 Å². The zero-order chi connectivity index (χ0) is 24.9. The second kappa shape index (κ2) is 11.0. The summed E-state index contributed by atoms with van der Waals surface area (Å²) in [5, 5.41) is 0. The van der Waals surface area contributed by atoms with Gasteiger partial charge in [-0.3, -0.25) is 0 Å². The molecule has 0 nitrogen and oxygen atoms in total. The van der Waals surface area contributed by atoms with Crippen LogP contribution in [0.1, 0.15) is 132 Å². The van der Waals surface area contributed by atoms with Crippen LogP contribution in [0, 0.1) is 88.8 Å². The molecule has 5 aliphatic rings. The molecule has 0 radical (unpaired) electrons. The quantitative estimate of drug-likeness (QED) is 0.374. The molecule has 4 bridgehead atoms. The van der Waals surface area contributed by atoms with Crippen molar-refractivity contribution in [2.75, 3.05) is 0 Å². The Morgan fingerprint density at radius 3 is 1.80 bits per heavy atom. The van der Waals surface area contributed by atoms with Gasteiger partial charge < -0.3 is 0 Å². The van der Waals surface area contributed by atoms with E-state index >= 15 is 0 Å². The highest BCUT2D eigenvalue weighted by atomic mass is 14.6. The monoisotopic (exact) mass is 482 g/mol. The van der Waals surface area contributed by atoms with Crippen molar-refractivity contribution in [1.82, 2.24) is 0 Å². The molecular weight excluding hydrogens is 420 g/mol. The molecule has 5 aliphatic carbocycles. The molecule has 15 unspecified atom stereocenters. The standard InChI is InChI=1S/C35H62/c1-8-24-12-13-27-18-28-17-25(9-2)30(11-4)35-16-21(5)32-19-26(22(6)23(7)29(32)10-3)14-15-31(24)33(27)20-34(28)35/h21-35H,8-20H2,1-7H3. The highest BCUT2D eigenvalue weighted by molar-refractivity contribution is 5.02. The Balaban J connectivity index is 1.53. The molecule has 0 saturated heterocycles. The fourth-order valence-electron chi connectivity index (χ4n) is 12.4. The van der Waals surface area contributed by atoms with Gasteiger partial charge >= 0.3 is 0 Å². The van der Waals surface area contributed by atoms with Gasteiger partial charge in [0.05, 0.1) is 0 Å². The number of fused-ring (bicyclic) bond motifs is 2. The summed E-state index contributed by atoms with van der Waals surface area (Å²) in [4.78, 5) is 0. The second-order valence-electron chi connectivity index (χ2n) is 15.1. The Labute approximate surface area is 220 Å². The SMILES string of the molecule is CCC1CCC2CC3CC(CC)C(CC)C4CC(C)C5CC(CCC1C2CC34)C(C)C(C)C5CC. The van der Waals surface area contributed by atoms with E-state index in [9.17, 15) is 0 Å². The minimum atomic E-state index is 0.930. The highest BCUT2D eigenvalue weighted by Gasteiger charge is 2.52. The average Bonchev–Trinajstić information content (AvgIpc) is 2.87. The van der Waals surface area contributed by atoms with Crippen molar-refractivity contribution in [2.45, 2.75) is 132 Å². The van der Waals surface area contributed by atoms with Crippen molar-refractivity contribution >= 4 is 0 Å². The first-order valence-electron chi connectivity index (χ1n) is 16.9. The van der Waals surface area contributed by atoms with Gasteiger partial charge in [-0.1, -0.05) is 74.1 Å². The summed E-state index contributed by atoms with van der Waals surface area (Å²) in [6, 6.07) is 0. The molecule has 0 spiro atoms. The fourth-order valence-corrected chi connectivity index (χ4v) is 12.4. The topological polar surface area (TPSA) is 0 Å². The van der Waals surface area contributed by atoms with E-state index in [1.807, 2.05) is 0 Å². The molecule has 5 rings (SSSR count). The van der Waals surface area contributed by atoms with Crippen LogP contribution >= 0.6 is 0 Å². The smallest absolute Gasteiger partial charge is 0.0349 e. The first-order valence-corrected chi connectivity index (χ1v) is 16.9. The van der Waals surface area contributed by atoms with Gasteiger partial charge in [-0.2, -0.15) is 0 Å². The third-order valence-electron chi connectivity index (χ3n) is 14.3. The van der Waals surface area contributed by atoms with Gasteiger partial charge in [-0.25, -0.2) is 0 Å². The molecule has 5 fully saturated rings. The molecule has 0 heteroatoms. The average molecular weight is 483 g/mol. The lowest BCUT2D eigenvalue weighted by atomic mass is 9.47. The van der Waals surface area contributed by atoms with Crippen LogP contribution in [0.25, 0.3) is 0 Å². The predicted molar refractivity (Wildman–Crippen MR) is 152 cm³/mol. The summed E-state index contributed by atoms with van der Waals surface area (Å²) in [7, 11) is 0. The number of hydrogen-bond donors (Lipinski definition) is 0. The summed E-state index contributed by atoms with van der Waals surface area (Å²) >= 11 is 0. The van der Waals surface area contributed by atoms with Crippen LogP contribution in [0.2, 0.25) is 0 Å². The van der Waals surface area contributed by atoms with Gasteiger partial charge in [0.15, 0.2) is 0 Å². The van der Waals surface area contributed by atoms with E-state index in [0.29, 0.717) is 0 Å². The van der Waals surface area contributed by atoms with E-state index in [-0.39, 0.29) is 0 Å². The minimum absolute atomic E-state index is 0.930. The summed E-state index contributed by atoms with van der Waals surface area (Å²) < 4.78 is 0. The van der Waals surface area contributed by atoms with Crippen LogP contribution in [0.3, 0.4) is 0 Å². The van der Waals surface area contributed by atoms with Crippen LogP contribution in [0.5, 0.6) is 0 Å². The van der Waals surface area contributed by atoms with Gasteiger partial charge in [0.2, 0.25) is 0 Å². The van der Waals surface area contributed by atoms with Gasteiger partial charge in [-0.05, 0) is 147 Å². The highest BCUT2D eigenvalue weighted by Crippen LogP contribution is 2.61. The number of rotatable bonds is 4. The molecule has 0 heterocycles. The van der Waals surface area contributed by atoms with Crippen molar-refractivity contribution in [3.8, 4) is 0 Å². The molecular formula is C35H62. The van der Waals surface area contributed by atoms with Crippen LogP contribution in [0.15, 0.2) is 0 Å². The maximum atomic E-state index is 2.73. The van der Waals surface area contributed by atoms with Crippen molar-refractivity contribution in [2.24, 2.45) is 88.8 Å². The fraction of sp³-hybridized carbons (Fsp3) is 1.00. The van der Waals surface area contributed by atoms with Gasteiger partial charge in [-0.15, -0.1) is 0 Å². The third-order valence-corrected chi connectivity index (χ3v) is 14.3.